The minimum Gasteiger partial charge on any atom is -0.458 e. The molecule has 0 amide bonds. The molecule has 4 aliphatic carbocycles. The van der Waals surface area contributed by atoms with E-state index in [-0.39, 0.29) is 5.30 Å². The molecule has 3 saturated carbocycles. The molecule has 0 aromatic carbocycles. The topological polar surface area (TPSA) is 26.3 Å². The van der Waals surface area contributed by atoms with E-state index in [1.54, 1.807) is 5.57 Å². The fourth-order valence-electron chi connectivity index (χ4n) is 9.34. The van der Waals surface area contributed by atoms with Crippen molar-refractivity contribution < 1.29 is 9.53 Å². The van der Waals surface area contributed by atoms with Gasteiger partial charge in [-0.15, -0.1) is 0 Å². The number of thioether (sulfide) groups is 1. The van der Waals surface area contributed by atoms with Gasteiger partial charge in [0.1, 0.15) is 0 Å². The lowest BCUT2D eigenvalue weighted by Gasteiger charge is -2.58. The van der Waals surface area contributed by atoms with Crippen LogP contribution in [-0.2, 0) is 4.74 Å². The lowest BCUT2D eigenvalue weighted by atomic mass is 9.47. The third kappa shape index (κ3) is 6.83. The van der Waals surface area contributed by atoms with E-state index >= 15 is 0 Å². The summed E-state index contributed by atoms with van der Waals surface area (Å²) in [6.07, 6.45) is 28.1. The smallest absolute Gasteiger partial charge is 0.367 e. The largest absolute Gasteiger partial charge is 0.458 e. The number of hydrogen-bond donors (Lipinski definition) is 0. The minimum atomic E-state index is -0.0322. The predicted octanol–water partition coefficient (Wildman–Crippen LogP) is 11.1. The molecule has 0 aliphatic heterocycles. The van der Waals surface area contributed by atoms with Gasteiger partial charge in [-0.1, -0.05) is 97.1 Å². The molecule has 0 radical (unpaired) electrons. The van der Waals surface area contributed by atoms with Crippen molar-refractivity contribution in [2.75, 3.05) is 6.61 Å². The maximum atomic E-state index is 12.5. The Morgan fingerprint density at radius 1 is 0.892 bits per heavy atom. The van der Waals surface area contributed by atoms with Crippen molar-refractivity contribution in [3.8, 4) is 0 Å². The lowest BCUT2D eigenvalue weighted by molar-refractivity contribution is -0.0421. The zero-order chi connectivity index (χ0) is 26.3. The monoisotopic (exact) mass is 530 g/mol. The quantitative estimate of drug-likeness (QED) is 0.134. The first-order valence-electron chi connectivity index (χ1n) is 16.4. The fourth-order valence-corrected chi connectivity index (χ4v) is 10.3. The lowest BCUT2D eigenvalue weighted by Crippen LogP contribution is -2.50. The summed E-state index contributed by atoms with van der Waals surface area (Å²) in [7, 11) is 0. The van der Waals surface area contributed by atoms with Crippen molar-refractivity contribution in [2.24, 2.45) is 34.5 Å². The van der Waals surface area contributed by atoms with Crippen molar-refractivity contribution in [3.05, 3.63) is 11.6 Å². The first-order valence-corrected chi connectivity index (χ1v) is 17.3. The standard InChI is InChI=1S/C34H58O2S/c1-5-7-9-11-12-13-15-26-17-19-30-29-18-16-27-25-28(37-32(35)36-24-14-10-8-6-2)20-22-34(27,4)31(29)21-23-33(26,30)3/h16,26,28-31H,5-15,17-25H2,1-4H3/t26-,28+,29+,30-,31+,33-,34+/m1/s1. The molecule has 0 bridgehead atoms. The van der Waals surface area contributed by atoms with Crippen LogP contribution in [0.1, 0.15) is 150 Å². The Balaban J connectivity index is 1.29. The Labute approximate surface area is 233 Å². The molecule has 0 aromatic rings. The van der Waals surface area contributed by atoms with Crippen molar-refractivity contribution >= 4 is 17.1 Å². The van der Waals surface area contributed by atoms with Crippen LogP contribution in [0, 0.1) is 34.5 Å². The highest BCUT2D eigenvalue weighted by molar-refractivity contribution is 8.13. The normalized spacial score (nSPS) is 36.9. The zero-order valence-electron chi connectivity index (χ0n) is 24.8. The molecule has 4 aliphatic rings. The molecule has 0 unspecified atom stereocenters. The molecule has 37 heavy (non-hydrogen) atoms. The van der Waals surface area contributed by atoms with Crippen molar-refractivity contribution in [1.82, 2.24) is 0 Å². The Morgan fingerprint density at radius 2 is 1.62 bits per heavy atom. The van der Waals surface area contributed by atoms with E-state index in [1.165, 1.54) is 121 Å². The second-order valence-corrected chi connectivity index (χ2v) is 15.0. The molecular weight excluding hydrogens is 472 g/mol. The summed E-state index contributed by atoms with van der Waals surface area (Å²) in [5.41, 5.74) is 2.67. The van der Waals surface area contributed by atoms with Crippen LogP contribution in [0.15, 0.2) is 11.6 Å². The molecule has 0 spiro atoms. The molecule has 0 saturated heterocycles. The van der Waals surface area contributed by atoms with E-state index in [9.17, 15) is 4.79 Å². The number of allylic oxidation sites excluding steroid dienone is 2. The van der Waals surface area contributed by atoms with Crippen LogP contribution in [0.4, 0.5) is 4.79 Å². The maximum Gasteiger partial charge on any atom is 0.367 e. The molecule has 0 N–H and O–H groups in total. The Kier molecular flexibility index (Phi) is 11.0. The zero-order valence-corrected chi connectivity index (χ0v) is 25.6. The third-order valence-corrected chi connectivity index (χ3v) is 12.7. The number of ether oxygens (including phenoxy) is 1. The van der Waals surface area contributed by atoms with Crippen molar-refractivity contribution in [2.45, 2.75) is 155 Å². The van der Waals surface area contributed by atoms with Crippen LogP contribution in [0.2, 0.25) is 0 Å². The van der Waals surface area contributed by atoms with Crippen LogP contribution in [0.5, 0.6) is 0 Å². The molecular formula is C34H58O2S. The van der Waals surface area contributed by atoms with Crippen LogP contribution >= 0.6 is 11.8 Å². The summed E-state index contributed by atoms with van der Waals surface area (Å²) in [6, 6.07) is 0. The number of fused-ring (bicyclic) bond motifs is 5. The summed E-state index contributed by atoms with van der Waals surface area (Å²) in [5.74, 6) is 3.69. The Morgan fingerprint density at radius 3 is 2.41 bits per heavy atom. The van der Waals surface area contributed by atoms with E-state index in [0.717, 1.165) is 36.5 Å². The van der Waals surface area contributed by atoms with Gasteiger partial charge in [-0.05, 0) is 110 Å². The van der Waals surface area contributed by atoms with Crippen LogP contribution in [0.25, 0.3) is 0 Å². The van der Waals surface area contributed by atoms with Crippen molar-refractivity contribution in [1.29, 1.82) is 0 Å². The predicted molar refractivity (Wildman–Crippen MR) is 160 cm³/mol. The van der Waals surface area contributed by atoms with Gasteiger partial charge in [-0.2, -0.15) is 0 Å². The number of hydrogen-bond acceptors (Lipinski definition) is 3. The Hall–Kier alpha value is -0.440. The minimum absolute atomic E-state index is 0.0322. The van der Waals surface area contributed by atoms with Gasteiger partial charge >= 0.3 is 5.30 Å². The highest BCUT2D eigenvalue weighted by Gasteiger charge is 2.58. The highest BCUT2D eigenvalue weighted by Crippen LogP contribution is 2.67. The third-order valence-electron chi connectivity index (χ3n) is 11.6. The molecule has 7 atom stereocenters. The Bertz CT molecular complexity index is 761. The van der Waals surface area contributed by atoms with Gasteiger partial charge in [-0.3, -0.25) is 0 Å². The van der Waals surface area contributed by atoms with Gasteiger partial charge in [0.2, 0.25) is 0 Å². The van der Waals surface area contributed by atoms with Gasteiger partial charge in [0.15, 0.2) is 0 Å². The summed E-state index contributed by atoms with van der Waals surface area (Å²) >= 11 is 1.49. The molecule has 4 rings (SSSR count). The van der Waals surface area contributed by atoms with E-state index in [2.05, 4.69) is 33.8 Å². The van der Waals surface area contributed by atoms with Crippen molar-refractivity contribution in [3.63, 3.8) is 0 Å². The SMILES string of the molecule is CCCCCCCC[C@@H]1CC[C@@H]2[C@@H]3CC=C4C[C@@H](SC(=O)OCCCCCC)CC[C@]4(C)[C@H]3CC[C@]12C. The summed E-state index contributed by atoms with van der Waals surface area (Å²) in [4.78, 5) is 12.5. The van der Waals surface area contributed by atoms with Crippen LogP contribution in [0.3, 0.4) is 0 Å². The second-order valence-electron chi connectivity index (χ2n) is 13.8. The molecule has 212 valence electrons. The van der Waals surface area contributed by atoms with Gasteiger partial charge < -0.3 is 4.74 Å². The van der Waals surface area contributed by atoms with Crippen LogP contribution in [-0.4, -0.2) is 17.2 Å². The molecule has 3 heteroatoms. The molecule has 2 nitrogen and oxygen atoms in total. The summed E-state index contributed by atoms with van der Waals surface area (Å²) in [6.45, 7) is 10.4. The summed E-state index contributed by atoms with van der Waals surface area (Å²) < 4.78 is 5.56. The number of carbonyl (C=O) groups is 1. The van der Waals surface area contributed by atoms with E-state index < -0.39 is 0 Å². The maximum absolute atomic E-state index is 12.5. The molecule has 0 heterocycles. The van der Waals surface area contributed by atoms with Gasteiger partial charge in [0, 0.05) is 5.25 Å². The number of unbranched alkanes of at least 4 members (excludes halogenated alkanes) is 8. The highest BCUT2D eigenvalue weighted by atomic mass is 32.2. The average molecular weight is 531 g/mol. The van der Waals surface area contributed by atoms with Crippen LogP contribution < -0.4 is 0 Å². The van der Waals surface area contributed by atoms with E-state index in [1.807, 2.05) is 0 Å². The molecule has 3 fully saturated rings. The summed E-state index contributed by atoms with van der Waals surface area (Å²) in [5, 5.41) is 0.385. The van der Waals surface area contributed by atoms with E-state index in [4.69, 9.17) is 4.74 Å². The van der Waals surface area contributed by atoms with E-state index in [0.29, 0.717) is 22.7 Å². The first-order chi connectivity index (χ1) is 17.9. The number of rotatable bonds is 13. The van der Waals surface area contributed by atoms with Gasteiger partial charge in [0.25, 0.3) is 0 Å². The fraction of sp³-hybridized carbons (Fsp3) is 0.912. The number of carbonyl (C=O) groups excluding carboxylic acids is 1. The molecule has 0 aromatic heterocycles. The van der Waals surface area contributed by atoms with Gasteiger partial charge in [0.05, 0.1) is 6.61 Å². The average Bonchev–Trinajstić information content (AvgIpc) is 3.22. The second kappa shape index (κ2) is 13.8. The first kappa shape index (κ1) is 29.5. The van der Waals surface area contributed by atoms with Gasteiger partial charge in [-0.25, -0.2) is 4.79 Å².